The van der Waals surface area contributed by atoms with Crippen molar-refractivity contribution in [3.8, 4) is 5.75 Å². The number of rotatable bonds is 11. The highest BCUT2D eigenvalue weighted by molar-refractivity contribution is 7.99. The summed E-state index contributed by atoms with van der Waals surface area (Å²) in [7, 11) is 0. The molecule has 1 saturated carbocycles. The van der Waals surface area contributed by atoms with Crippen molar-refractivity contribution in [2.45, 2.75) is 48.7 Å². The molecular formula is C26H25ClN4O6S. The number of aromatic nitrogens is 1. The fourth-order valence-corrected chi connectivity index (χ4v) is 4.88. The summed E-state index contributed by atoms with van der Waals surface area (Å²) in [6.07, 6.45) is 1.93. The number of benzene rings is 2. The maximum absolute atomic E-state index is 13.0. The van der Waals surface area contributed by atoms with Gasteiger partial charge in [-0.15, -0.1) is 0 Å². The molecule has 38 heavy (non-hydrogen) atoms. The largest absolute Gasteiger partial charge is 0.483 e. The van der Waals surface area contributed by atoms with E-state index in [2.05, 4.69) is 10.6 Å². The van der Waals surface area contributed by atoms with Crippen LogP contribution in [0, 0.1) is 17.0 Å². The fraction of sp³-hybridized carbons (Fsp3) is 0.269. The number of halogens is 1. The van der Waals surface area contributed by atoms with Crippen LogP contribution >= 0.6 is 23.4 Å². The molecule has 2 aromatic carbocycles. The van der Waals surface area contributed by atoms with Gasteiger partial charge < -0.3 is 15.4 Å². The van der Waals surface area contributed by atoms with E-state index >= 15 is 0 Å². The molecule has 1 aromatic heterocycles. The molecule has 12 heteroatoms. The standard InChI is InChI=1S/C26H25ClN4O6S/c1-16-11-22(38-20-5-3-2-4-6-20)25(31(35)36)26(34)30(16)14-23(32)28-13-17-12-18(27)7-10-21(17)37-15-24(33)29-19-8-9-19/h2-7,10-12,19H,8-9,13-15H2,1H3,(H,28,32)(H,29,33). The number of nitro groups is 1. The SMILES string of the molecule is Cc1cc(Sc2ccccc2)c([N+](=O)[O-])c(=O)n1CC(=O)NCc1cc(Cl)ccc1OCC(=O)NC1CC1. The molecular weight excluding hydrogens is 532 g/mol. The molecule has 0 atom stereocenters. The highest BCUT2D eigenvalue weighted by atomic mass is 35.5. The van der Waals surface area contributed by atoms with Crippen molar-refractivity contribution in [3.63, 3.8) is 0 Å². The number of nitrogens with one attached hydrogen (secondary N) is 2. The van der Waals surface area contributed by atoms with Crippen LogP contribution in [-0.2, 0) is 22.7 Å². The van der Waals surface area contributed by atoms with Gasteiger partial charge in [-0.1, -0.05) is 41.6 Å². The van der Waals surface area contributed by atoms with Gasteiger partial charge in [-0.25, -0.2) is 0 Å². The maximum atomic E-state index is 13.0. The summed E-state index contributed by atoms with van der Waals surface area (Å²) in [5, 5.41) is 17.7. The zero-order valence-electron chi connectivity index (χ0n) is 20.4. The minimum absolute atomic E-state index is 0.0107. The number of nitrogens with zero attached hydrogens (tertiary/aromatic N) is 2. The number of carbonyl (C=O) groups is 2. The number of pyridine rings is 1. The third kappa shape index (κ3) is 7.14. The lowest BCUT2D eigenvalue weighted by molar-refractivity contribution is -0.389. The lowest BCUT2D eigenvalue weighted by Gasteiger charge is -2.14. The van der Waals surface area contributed by atoms with Crippen LogP contribution in [0.4, 0.5) is 5.69 Å². The van der Waals surface area contributed by atoms with Gasteiger partial charge in [-0.2, -0.15) is 0 Å². The molecule has 3 aromatic rings. The van der Waals surface area contributed by atoms with Crippen molar-refractivity contribution in [2.24, 2.45) is 0 Å². The normalized spacial score (nSPS) is 12.6. The number of aryl methyl sites for hydroxylation is 1. The van der Waals surface area contributed by atoms with E-state index in [0.29, 0.717) is 22.0 Å². The zero-order chi connectivity index (χ0) is 27.2. The Kier molecular flexibility index (Phi) is 8.70. The summed E-state index contributed by atoms with van der Waals surface area (Å²) in [6.45, 7) is 1.03. The summed E-state index contributed by atoms with van der Waals surface area (Å²) in [5.74, 6) is -0.389. The molecule has 2 amide bonds. The van der Waals surface area contributed by atoms with Crippen LogP contribution in [0.2, 0.25) is 5.02 Å². The van der Waals surface area contributed by atoms with Crippen LogP contribution in [0.3, 0.4) is 0 Å². The monoisotopic (exact) mass is 556 g/mol. The third-order valence-electron chi connectivity index (χ3n) is 5.70. The van der Waals surface area contributed by atoms with Gasteiger partial charge >= 0.3 is 11.2 Å². The molecule has 1 fully saturated rings. The van der Waals surface area contributed by atoms with Gasteiger partial charge in [0.15, 0.2) is 6.61 Å². The predicted octanol–water partition coefficient (Wildman–Crippen LogP) is 3.84. The van der Waals surface area contributed by atoms with Gasteiger partial charge in [-0.05, 0) is 56.2 Å². The Balaban J connectivity index is 1.45. The predicted molar refractivity (Wildman–Crippen MR) is 143 cm³/mol. The highest BCUT2D eigenvalue weighted by Gasteiger charge is 2.25. The van der Waals surface area contributed by atoms with Gasteiger partial charge in [-0.3, -0.25) is 29.1 Å². The first-order chi connectivity index (χ1) is 18.2. The fourth-order valence-electron chi connectivity index (χ4n) is 3.65. The van der Waals surface area contributed by atoms with E-state index in [0.717, 1.165) is 34.1 Å². The quantitative estimate of drug-likeness (QED) is 0.271. The highest BCUT2D eigenvalue weighted by Crippen LogP contribution is 2.33. The van der Waals surface area contributed by atoms with Crippen LogP contribution in [0.5, 0.6) is 5.75 Å². The lowest BCUT2D eigenvalue weighted by Crippen LogP contribution is -2.34. The van der Waals surface area contributed by atoms with Crippen LogP contribution in [0.25, 0.3) is 0 Å². The van der Waals surface area contributed by atoms with Crippen molar-refractivity contribution >= 4 is 40.9 Å². The first-order valence-corrected chi connectivity index (χ1v) is 13.0. The van der Waals surface area contributed by atoms with Gasteiger partial charge in [0.1, 0.15) is 12.3 Å². The minimum Gasteiger partial charge on any atom is -0.483 e. The Bertz CT molecular complexity index is 1430. The van der Waals surface area contributed by atoms with E-state index in [1.165, 1.54) is 6.07 Å². The number of hydrogen-bond donors (Lipinski definition) is 2. The van der Waals surface area contributed by atoms with Gasteiger partial charge in [0.05, 0.1) is 9.82 Å². The molecule has 1 heterocycles. The molecule has 0 saturated heterocycles. The number of carbonyl (C=O) groups excluding carboxylic acids is 2. The van der Waals surface area contributed by atoms with E-state index in [9.17, 15) is 24.5 Å². The first-order valence-electron chi connectivity index (χ1n) is 11.8. The minimum atomic E-state index is -0.864. The molecule has 0 bridgehead atoms. The lowest BCUT2D eigenvalue weighted by atomic mass is 10.2. The molecule has 1 aliphatic rings. The summed E-state index contributed by atoms with van der Waals surface area (Å²) in [5.41, 5.74) is -0.512. The van der Waals surface area contributed by atoms with Crippen molar-refractivity contribution in [1.82, 2.24) is 15.2 Å². The van der Waals surface area contributed by atoms with E-state index in [-0.39, 0.29) is 30.0 Å². The average Bonchev–Trinajstić information content (AvgIpc) is 3.69. The van der Waals surface area contributed by atoms with Crippen LogP contribution in [-0.4, -0.2) is 34.0 Å². The molecule has 1 aliphatic carbocycles. The smallest absolute Gasteiger partial charge is 0.347 e. The van der Waals surface area contributed by atoms with E-state index in [1.807, 2.05) is 6.07 Å². The molecule has 0 spiro atoms. The molecule has 0 aliphatic heterocycles. The topological polar surface area (TPSA) is 133 Å². The van der Waals surface area contributed by atoms with Crippen LogP contribution in [0.1, 0.15) is 24.1 Å². The molecule has 0 unspecified atom stereocenters. The van der Waals surface area contributed by atoms with E-state index in [4.69, 9.17) is 16.3 Å². The maximum Gasteiger partial charge on any atom is 0.347 e. The van der Waals surface area contributed by atoms with Gasteiger partial charge in [0, 0.05) is 33.8 Å². The Labute approximate surface area is 227 Å². The molecule has 10 nitrogen and oxygen atoms in total. The van der Waals surface area contributed by atoms with Crippen molar-refractivity contribution in [3.05, 3.63) is 91.3 Å². The van der Waals surface area contributed by atoms with Crippen molar-refractivity contribution in [2.75, 3.05) is 6.61 Å². The second kappa shape index (κ2) is 12.1. The molecule has 0 radical (unpaired) electrons. The molecule has 2 N–H and O–H groups in total. The van der Waals surface area contributed by atoms with E-state index in [1.54, 1.807) is 49.4 Å². The zero-order valence-corrected chi connectivity index (χ0v) is 22.0. The second-order valence-electron chi connectivity index (χ2n) is 8.72. The van der Waals surface area contributed by atoms with Crippen LogP contribution < -0.4 is 20.9 Å². The summed E-state index contributed by atoms with van der Waals surface area (Å²) in [6, 6.07) is 15.6. The average molecular weight is 557 g/mol. The molecule has 4 rings (SSSR count). The number of amides is 2. The van der Waals surface area contributed by atoms with Crippen LogP contribution in [0.15, 0.2) is 69.2 Å². The van der Waals surface area contributed by atoms with Gasteiger partial charge in [0.25, 0.3) is 5.91 Å². The Morgan fingerprint density at radius 1 is 1.16 bits per heavy atom. The first kappa shape index (κ1) is 27.2. The Hall–Kier alpha value is -3.83. The number of hydrogen-bond acceptors (Lipinski definition) is 7. The Morgan fingerprint density at radius 3 is 2.58 bits per heavy atom. The van der Waals surface area contributed by atoms with Gasteiger partial charge in [0.2, 0.25) is 5.91 Å². The van der Waals surface area contributed by atoms with Crippen molar-refractivity contribution in [1.29, 1.82) is 0 Å². The van der Waals surface area contributed by atoms with E-state index < -0.39 is 28.6 Å². The Morgan fingerprint density at radius 2 is 1.89 bits per heavy atom. The third-order valence-corrected chi connectivity index (χ3v) is 6.98. The number of ether oxygens (including phenoxy) is 1. The second-order valence-corrected chi connectivity index (χ2v) is 10.3. The van der Waals surface area contributed by atoms with Crippen molar-refractivity contribution < 1.29 is 19.2 Å². The summed E-state index contributed by atoms with van der Waals surface area (Å²) >= 11 is 7.22. The summed E-state index contributed by atoms with van der Waals surface area (Å²) in [4.78, 5) is 49.7. The summed E-state index contributed by atoms with van der Waals surface area (Å²) < 4.78 is 6.69. The molecule has 198 valence electrons.